The fraction of sp³-hybridized carbons (Fsp3) is 0.938. The van der Waals surface area contributed by atoms with Gasteiger partial charge in [0, 0.05) is 19.6 Å². The summed E-state index contributed by atoms with van der Waals surface area (Å²) in [5.74, 6) is 0.687. The molecule has 20 heavy (non-hydrogen) atoms. The molecule has 0 saturated heterocycles. The molecule has 1 rings (SSSR count). The third-order valence-corrected chi connectivity index (χ3v) is 4.54. The van der Waals surface area contributed by atoms with Gasteiger partial charge in [-0.25, -0.2) is 0 Å². The van der Waals surface area contributed by atoms with Gasteiger partial charge in [0.15, 0.2) is 0 Å². The van der Waals surface area contributed by atoms with Crippen molar-refractivity contribution in [3.63, 3.8) is 0 Å². The average Bonchev–Trinajstić information content (AvgIpc) is 2.80. The van der Waals surface area contributed by atoms with Gasteiger partial charge in [0.1, 0.15) is 0 Å². The molecule has 0 spiro atoms. The van der Waals surface area contributed by atoms with Crippen molar-refractivity contribution in [2.24, 2.45) is 17.1 Å². The van der Waals surface area contributed by atoms with Crippen LogP contribution in [0.15, 0.2) is 0 Å². The number of amides is 1. The average molecular weight is 284 g/mol. The first-order valence-corrected chi connectivity index (χ1v) is 7.89. The Morgan fingerprint density at radius 1 is 1.35 bits per heavy atom. The molecule has 1 amide bonds. The van der Waals surface area contributed by atoms with E-state index in [1.807, 2.05) is 0 Å². The van der Waals surface area contributed by atoms with Gasteiger partial charge < -0.3 is 15.8 Å². The third kappa shape index (κ3) is 5.80. The van der Waals surface area contributed by atoms with Crippen LogP contribution >= 0.6 is 0 Å². The van der Waals surface area contributed by atoms with Crippen molar-refractivity contribution >= 4 is 5.91 Å². The summed E-state index contributed by atoms with van der Waals surface area (Å²) in [6, 6.07) is 0.301. The van der Waals surface area contributed by atoms with Crippen molar-refractivity contribution in [1.29, 1.82) is 0 Å². The summed E-state index contributed by atoms with van der Waals surface area (Å²) in [4.78, 5) is 12.0. The van der Waals surface area contributed by atoms with E-state index in [1.165, 1.54) is 0 Å². The number of carbonyl (C=O) groups is 1. The van der Waals surface area contributed by atoms with E-state index >= 15 is 0 Å². The van der Waals surface area contributed by atoms with Gasteiger partial charge >= 0.3 is 0 Å². The lowest BCUT2D eigenvalue weighted by Crippen LogP contribution is -2.34. The molecule has 4 heteroatoms. The summed E-state index contributed by atoms with van der Waals surface area (Å²) >= 11 is 0. The van der Waals surface area contributed by atoms with Crippen molar-refractivity contribution in [3.05, 3.63) is 0 Å². The quantitative estimate of drug-likeness (QED) is 0.755. The van der Waals surface area contributed by atoms with E-state index in [-0.39, 0.29) is 11.3 Å². The molecule has 0 radical (unpaired) electrons. The molecule has 3 atom stereocenters. The first-order valence-electron chi connectivity index (χ1n) is 7.89. The van der Waals surface area contributed by atoms with Gasteiger partial charge in [-0.2, -0.15) is 0 Å². The molecule has 0 aliphatic heterocycles. The molecule has 1 saturated carbocycles. The molecule has 4 nitrogen and oxygen atoms in total. The van der Waals surface area contributed by atoms with Crippen LogP contribution in [0.1, 0.15) is 59.3 Å². The van der Waals surface area contributed by atoms with Gasteiger partial charge in [-0.05, 0) is 50.0 Å². The summed E-state index contributed by atoms with van der Waals surface area (Å²) in [7, 11) is 1.75. The minimum absolute atomic E-state index is 0.179. The standard InChI is InChI=1S/C16H32N2O2/c1-16(2,3)12(9-10-17)5-8-15(19)18-13-6-7-14(11-13)20-4/h12-14H,5-11,17H2,1-4H3,(H,18,19). The van der Waals surface area contributed by atoms with E-state index in [4.69, 9.17) is 10.5 Å². The van der Waals surface area contributed by atoms with E-state index in [0.29, 0.717) is 31.0 Å². The lowest BCUT2D eigenvalue weighted by atomic mass is 9.76. The zero-order chi connectivity index (χ0) is 15.2. The summed E-state index contributed by atoms with van der Waals surface area (Å²) in [5.41, 5.74) is 5.90. The molecule has 0 aromatic carbocycles. The van der Waals surface area contributed by atoms with Gasteiger partial charge in [-0.1, -0.05) is 20.8 Å². The highest BCUT2D eigenvalue weighted by atomic mass is 16.5. The number of nitrogens with two attached hydrogens (primary N) is 1. The van der Waals surface area contributed by atoms with Crippen molar-refractivity contribution in [3.8, 4) is 0 Å². The van der Waals surface area contributed by atoms with Crippen LogP contribution in [0.4, 0.5) is 0 Å². The van der Waals surface area contributed by atoms with E-state index in [9.17, 15) is 4.79 Å². The predicted octanol–water partition coefficient (Wildman–Crippen LogP) is 2.46. The Balaban J connectivity index is 2.31. The maximum atomic E-state index is 12.0. The lowest BCUT2D eigenvalue weighted by Gasteiger charge is -2.30. The second-order valence-corrected chi connectivity index (χ2v) is 7.11. The molecule has 0 aromatic rings. The number of carbonyl (C=O) groups excluding carboxylic acids is 1. The molecule has 1 fully saturated rings. The van der Waals surface area contributed by atoms with Gasteiger partial charge in [0.05, 0.1) is 6.10 Å². The van der Waals surface area contributed by atoms with Gasteiger partial charge in [-0.15, -0.1) is 0 Å². The molecule has 1 aliphatic rings. The maximum absolute atomic E-state index is 12.0. The minimum Gasteiger partial charge on any atom is -0.381 e. The fourth-order valence-corrected chi connectivity index (χ4v) is 3.10. The molecule has 118 valence electrons. The molecule has 0 bridgehead atoms. The fourth-order valence-electron chi connectivity index (χ4n) is 3.10. The highest BCUT2D eigenvalue weighted by molar-refractivity contribution is 5.76. The lowest BCUT2D eigenvalue weighted by molar-refractivity contribution is -0.122. The van der Waals surface area contributed by atoms with Gasteiger partial charge in [-0.3, -0.25) is 4.79 Å². The summed E-state index contributed by atoms with van der Waals surface area (Å²) in [5, 5.41) is 3.14. The number of ether oxygens (including phenoxy) is 1. The van der Waals surface area contributed by atoms with Gasteiger partial charge in [0.2, 0.25) is 5.91 Å². The molecule has 3 N–H and O–H groups in total. The van der Waals surface area contributed by atoms with Crippen molar-refractivity contribution in [2.75, 3.05) is 13.7 Å². The van der Waals surface area contributed by atoms with Crippen LogP contribution in [0.5, 0.6) is 0 Å². The van der Waals surface area contributed by atoms with Crippen LogP contribution in [-0.4, -0.2) is 31.7 Å². The Morgan fingerprint density at radius 3 is 2.55 bits per heavy atom. The topological polar surface area (TPSA) is 64.3 Å². The van der Waals surface area contributed by atoms with Crippen LogP contribution in [-0.2, 0) is 9.53 Å². The molecule has 0 heterocycles. The third-order valence-electron chi connectivity index (χ3n) is 4.54. The maximum Gasteiger partial charge on any atom is 0.220 e. The second kappa shape index (κ2) is 7.99. The highest BCUT2D eigenvalue weighted by Crippen LogP contribution is 2.32. The summed E-state index contributed by atoms with van der Waals surface area (Å²) in [6.07, 6.45) is 5.89. The summed E-state index contributed by atoms with van der Waals surface area (Å²) < 4.78 is 5.33. The summed E-state index contributed by atoms with van der Waals surface area (Å²) in [6.45, 7) is 7.38. The van der Waals surface area contributed by atoms with E-state index < -0.39 is 0 Å². The zero-order valence-electron chi connectivity index (χ0n) is 13.6. The Bertz CT molecular complexity index is 299. The monoisotopic (exact) mass is 284 g/mol. The van der Waals surface area contributed by atoms with E-state index in [0.717, 1.165) is 32.1 Å². The van der Waals surface area contributed by atoms with Crippen LogP contribution in [0.25, 0.3) is 0 Å². The number of hydrogen-bond acceptors (Lipinski definition) is 3. The molecule has 0 aromatic heterocycles. The predicted molar refractivity (Wildman–Crippen MR) is 82.4 cm³/mol. The smallest absolute Gasteiger partial charge is 0.220 e. The number of rotatable bonds is 7. The van der Waals surface area contributed by atoms with Crippen molar-refractivity contribution in [1.82, 2.24) is 5.32 Å². The van der Waals surface area contributed by atoms with Crippen molar-refractivity contribution < 1.29 is 9.53 Å². The molecule has 3 unspecified atom stereocenters. The zero-order valence-corrected chi connectivity index (χ0v) is 13.6. The minimum atomic E-state index is 0.179. The van der Waals surface area contributed by atoms with Crippen LogP contribution in [0.2, 0.25) is 0 Å². The first kappa shape index (κ1) is 17.4. The number of hydrogen-bond donors (Lipinski definition) is 2. The normalized spacial score (nSPS) is 24.6. The molecule has 1 aliphatic carbocycles. The Morgan fingerprint density at radius 2 is 2.05 bits per heavy atom. The van der Waals surface area contributed by atoms with Crippen LogP contribution < -0.4 is 11.1 Å². The Kier molecular flexibility index (Phi) is 6.96. The SMILES string of the molecule is COC1CCC(NC(=O)CCC(CCN)C(C)(C)C)C1. The highest BCUT2D eigenvalue weighted by Gasteiger charge is 2.27. The van der Waals surface area contributed by atoms with E-state index in [2.05, 4.69) is 26.1 Å². The van der Waals surface area contributed by atoms with E-state index in [1.54, 1.807) is 7.11 Å². The van der Waals surface area contributed by atoms with Crippen LogP contribution in [0.3, 0.4) is 0 Å². The first-order chi connectivity index (χ1) is 9.36. The number of methoxy groups -OCH3 is 1. The largest absolute Gasteiger partial charge is 0.381 e. The van der Waals surface area contributed by atoms with Gasteiger partial charge in [0.25, 0.3) is 0 Å². The molecular formula is C16H32N2O2. The second-order valence-electron chi connectivity index (χ2n) is 7.11. The number of nitrogens with one attached hydrogen (secondary N) is 1. The molecular weight excluding hydrogens is 252 g/mol. The Hall–Kier alpha value is -0.610. The van der Waals surface area contributed by atoms with Crippen LogP contribution in [0, 0.1) is 11.3 Å². The Labute approximate surface area is 123 Å². The van der Waals surface area contributed by atoms with Crippen molar-refractivity contribution in [2.45, 2.75) is 71.4 Å².